The van der Waals surface area contributed by atoms with Crippen molar-refractivity contribution in [2.75, 3.05) is 6.54 Å². The lowest BCUT2D eigenvalue weighted by molar-refractivity contribution is -0.143. The fourth-order valence-corrected chi connectivity index (χ4v) is 7.25. The topological polar surface area (TPSA) is 282 Å². The molecule has 2 aliphatic rings. The molecule has 0 aliphatic heterocycles. The lowest BCUT2D eigenvalue weighted by Crippen LogP contribution is -2.59. The van der Waals surface area contributed by atoms with Gasteiger partial charge in [0.1, 0.15) is 18.7 Å². The predicted octanol–water partition coefficient (Wildman–Crippen LogP) is 2.25. The number of carboxylic acids is 2. The lowest BCUT2D eigenvalue weighted by Gasteiger charge is -2.29. The first-order valence-electron chi connectivity index (χ1n) is 19.4. The van der Waals surface area contributed by atoms with E-state index in [2.05, 4.69) is 26.6 Å². The van der Waals surface area contributed by atoms with Crippen LogP contribution in [0, 0.1) is 17.2 Å². The SMILES string of the molecule is N=C(N)NCCCC(NC(O)C(=O)C(CC1CCCCC1)NC(=O)OCc1ccccc1)C(=O)NC(CCC(=O)O)C(=O)NC(CC1CCCCC1)C(=O)O. The van der Waals surface area contributed by atoms with Crippen LogP contribution < -0.4 is 32.3 Å². The summed E-state index contributed by atoms with van der Waals surface area (Å²) in [6, 6.07) is 3.77. The maximum Gasteiger partial charge on any atom is 0.408 e. The highest BCUT2D eigenvalue weighted by molar-refractivity contribution is 5.93. The Hall–Kier alpha value is -4.77. The average Bonchev–Trinajstić information content (AvgIpc) is 3.16. The van der Waals surface area contributed by atoms with Crippen LogP contribution in [0.5, 0.6) is 0 Å². The largest absolute Gasteiger partial charge is 0.481 e. The number of ether oxygens (including phenoxy) is 1. The number of ketones is 1. The van der Waals surface area contributed by atoms with Gasteiger partial charge in [0.25, 0.3) is 0 Å². The van der Waals surface area contributed by atoms with Gasteiger partial charge in [-0.25, -0.2) is 9.59 Å². The summed E-state index contributed by atoms with van der Waals surface area (Å²) in [5, 5.41) is 50.7. The van der Waals surface area contributed by atoms with Crippen LogP contribution in [0.3, 0.4) is 0 Å². The van der Waals surface area contributed by atoms with Crippen LogP contribution in [-0.2, 0) is 35.3 Å². The Labute approximate surface area is 321 Å². The first kappa shape index (κ1) is 44.6. The van der Waals surface area contributed by atoms with Crippen molar-refractivity contribution in [3.8, 4) is 0 Å². The Morgan fingerprint density at radius 2 is 1.33 bits per heavy atom. The second-order valence-electron chi connectivity index (χ2n) is 14.6. The van der Waals surface area contributed by atoms with E-state index in [-0.39, 0.29) is 63.1 Å². The Bertz CT molecular complexity index is 1420. The normalized spacial score (nSPS) is 17.7. The minimum atomic E-state index is -1.96. The summed E-state index contributed by atoms with van der Waals surface area (Å²) < 4.78 is 5.35. The van der Waals surface area contributed by atoms with Crippen molar-refractivity contribution < 1.29 is 48.8 Å². The number of Topliss-reactive ketones (excluding diaryl/α,β-unsaturated/α-hetero) is 1. The van der Waals surface area contributed by atoms with Crippen LogP contribution in [-0.4, -0.2) is 93.8 Å². The molecular formula is C38H59N7O10. The van der Waals surface area contributed by atoms with E-state index in [1.807, 2.05) is 6.07 Å². The molecule has 0 radical (unpaired) electrons. The number of carbonyl (C=O) groups is 6. The van der Waals surface area contributed by atoms with E-state index in [4.69, 9.17) is 15.9 Å². The molecule has 5 unspecified atom stereocenters. The fraction of sp³-hybridized carbons (Fsp3) is 0.658. The summed E-state index contributed by atoms with van der Waals surface area (Å²) in [5.74, 6) is -5.16. The summed E-state index contributed by atoms with van der Waals surface area (Å²) in [4.78, 5) is 77.5. The van der Waals surface area contributed by atoms with Crippen LogP contribution in [0.15, 0.2) is 30.3 Å². The van der Waals surface area contributed by atoms with Gasteiger partial charge in [-0.1, -0.05) is 94.5 Å². The maximum absolute atomic E-state index is 13.8. The monoisotopic (exact) mass is 773 g/mol. The Kier molecular flexibility index (Phi) is 19.4. The number of aliphatic hydroxyl groups excluding tert-OH is 1. The minimum Gasteiger partial charge on any atom is -0.481 e. The number of aliphatic carboxylic acids is 2. The van der Waals surface area contributed by atoms with Crippen molar-refractivity contribution in [3.05, 3.63) is 35.9 Å². The number of aliphatic hydroxyl groups is 1. The van der Waals surface area contributed by atoms with Crippen molar-refractivity contribution >= 4 is 41.6 Å². The molecule has 55 heavy (non-hydrogen) atoms. The summed E-state index contributed by atoms with van der Waals surface area (Å²) >= 11 is 0. The maximum atomic E-state index is 13.8. The van der Waals surface area contributed by atoms with E-state index in [1.165, 1.54) is 0 Å². The Morgan fingerprint density at radius 3 is 1.89 bits per heavy atom. The molecular weight excluding hydrogens is 714 g/mol. The number of amides is 3. The molecule has 3 amide bonds. The van der Waals surface area contributed by atoms with Gasteiger partial charge < -0.3 is 47.1 Å². The molecule has 5 atom stereocenters. The van der Waals surface area contributed by atoms with Crippen molar-refractivity contribution in [2.45, 2.75) is 140 Å². The van der Waals surface area contributed by atoms with Crippen molar-refractivity contribution in [3.63, 3.8) is 0 Å². The van der Waals surface area contributed by atoms with Gasteiger partial charge in [0.05, 0.1) is 12.1 Å². The number of alkyl carbamates (subject to hydrolysis) is 1. The molecule has 17 nitrogen and oxygen atoms in total. The van der Waals surface area contributed by atoms with E-state index in [0.29, 0.717) is 0 Å². The summed E-state index contributed by atoms with van der Waals surface area (Å²) in [7, 11) is 0. The molecule has 3 rings (SSSR count). The van der Waals surface area contributed by atoms with Gasteiger partial charge in [-0.05, 0) is 49.5 Å². The van der Waals surface area contributed by atoms with E-state index in [0.717, 1.165) is 69.8 Å². The van der Waals surface area contributed by atoms with E-state index in [1.54, 1.807) is 24.3 Å². The number of rotatable bonds is 23. The molecule has 1 aromatic carbocycles. The third kappa shape index (κ3) is 17.1. The molecule has 2 fully saturated rings. The lowest BCUT2D eigenvalue weighted by atomic mass is 9.84. The molecule has 0 spiro atoms. The number of nitrogens with two attached hydrogens (primary N) is 1. The van der Waals surface area contributed by atoms with Gasteiger partial charge >= 0.3 is 18.0 Å². The molecule has 11 N–H and O–H groups in total. The van der Waals surface area contributed by atoms with E-state index < -0.39 is 72.4 Å². The minimum absolute atomic E-state index is 0.0387. The zero-order chi connectivity index (χ0) is 40.2. The summed E-state index contributed by atoms with van der Waals surface area (Å²) in [5.41, 5.74) is 6.12. The standard InChI is InChI=1S/C38H59N7O10/c39-37(40)41-20-10-17-27(33(49)42-28(18-19-31(46)47)34(50)44-30(36(52)53)22-25-13-6-2-7-14-25)43-35(51)32(48)29(21-24-11-4-1-5-12-24)45-38(54)55-23-26-15-8-3-9-16-26/h3,8-9,15-16,24-25,27-30,35,43,51H,1-2,4-7,10-14,17-23H2,(H,42,49)(H,44,50)(H,45,54)(H,46,47)(H,52,53)(H4,39,40,41). The number of hydrogen-bond donors (Lipinski definition) is 10. The molecule has 0 aromatic heterocycles. The highest BCUT2D eigenvalue weighted by Crippen LogP contribution is 2.29. The van der Waals surface area contributed by atoms with Gasteiger partial charge in [-0.15, -0.1) is 0 Å². The molecule has 17 heteroatoms. The zero-order valence-corrected chi connectivity index (χ0v) is 31.4. The number of carbonyl (C=O) groups excluding carboxylic acids is 4. The molecule has 0 heterocycles. The van der Waals surface area contributed by atoms with Gasteiger partial charge in [0, 0.05) is 13.0 Å². The van der Waals surface area contributed by atoms with Crippen molar-refractivity contribution in [2.24, 2.45) is 17.6 Å². The molecule has 1 aromatic rings. The van der Waals surface area contributed by atoms with E-state index in [9.17, 15) is 44.1 Å². The average molecular weight is 774 g/mol. The second-order valence-corrected chi connectivity index (χ2v) is 14.6. The third-order valence-electron chi connectivity index (χ3n) is 10.3. The fourth-order valence-electron chi connectivity index (χ4n) is 7.25. The van der Waals surface area contributed by atoms with Crippen LogP contribution in [0.25, 0.3) is 0 Å². The quantitative estimate of drug-likeness (QED) is 0.0331. The highest BCUT2D eigenvalue weighted by Gasteiger charge is 2.35. The Morgan fingerprint density at radius 1 is 0.764 bits per heavy atom. The predicted molar refractivity (Wildman–Crippen MR) is 201 cm³/mol. The third-order valence-corrected chi connectivity index (χ3v) is 10.3. The molecule has 0 bridgehead atoms. The summed E-state index contributed by atoms with van der Waals surface area (Å²) in [6.45, 7) is 0.104. The van der Waals surface area contributed by atoms with Crippen LogP contribution >= 0.6 is 0 Å². The second kappa shape index (κ2) is 23.9. The van der Waals surface area contributed by atoms with Crippen LogP contribution in [0.1, 0.15) is 108 Å². The number of benzene rings is 1. The number of hydrogen-bond acceptors (Lipinski definition) is 10. The van der Waals surface area contributed by atoms with Crippen molar-refractivity contribution in [1.29, 1.82) is 5.41 Å². The van der Waals surface area contributed by atoms with Gasteiger partial charge in [0.2, 0.25) is 11.8 Å². The van der Waals surface area contributed by atoms with Gasteiger partial charge in [0.15, 0.2) is 18.0 Å². The molecule has 0 saturated heterocycles. The smallest absolute Gasteiger partial charge is 0.408 e. The van der Waals surface area contributed by atoms with Gasteiger partial charge in [-0.3, -0.25) is 29.9 Å². The zero-order valence-electron chi connectivity index (χ0n) is 31.4. The number of guanidine groups is 1. The van der Waals surface area contributed by atoms with Crippen LogP contribution in [0.2, 0.25) is 0 Å². The molecule has 2 aliphatic carbocycles. The number of carboxylic acid groups (broad SMARTS) is 2. The number of nitrogens with one attached hydrogen (secondary N) is 6. The van der Waals surface area contributed by atoms with Gasteiger partial charge in [-0.2, -0.15) is 0 Å². The van der Waals surface area contributed by atoms with Crippen LogP contribution in [0.4, 0.5) is 4.79 Å². The highest BCUT2D eigenvalue weighted by atomic mass is 16.5. The molecule has 2 saturated carbocycles. The first-order chi connectivity index (χ1) is 26.3. The summed E-state index contributed by atoms with van der Waals surface area (Å²) in [6.07, 6.45) is 6.21. The van der Waals surface area contributed by atoms with Crippen molar-refractivity contribution in [1.82, 2.24) is 26.6 Å². The Balaban J connectivity index is 1.76. The first-order valence-corrected chi connectivity index (χ1v) is 19.4. The molecule has 306 valence electrons. The van der Waals surface area contributed by atoms with E-state index >= 15 is 0 Å².